The minimum absolute atomic E-state index is 0.209. The SMILES string of the molecule is COc1ccc(OCc2nn(C[NH+]3CCC[C@H](O)C3)c(=S)o2)cc1. The molecule has 2 atom stereocenters. The number of aliphatic hydroxyl groups excluding tert-OH is 1. The van der Waals surface area contributed by atoms with Gasteiger partial charge in [0.05, 0.1) is 13.7 Å². The average molecular weight is 352 g/mol. The van der Waals surface area contributed by atoms with Crippen LogP contribution < -0.4 is 14.4 Å². The maximum atomic E-state index is 9.75. The van der Waals surface area contributed by atoms with Crippen LogP contribution in [0.2, 0.25) is 0 Å². The van der Waals surface area contributed by atoms with Crippen LogP contribution in [0.25, 0.3) is 0 Å². The van der Waals surface area contributed by atoms with Crippen LogP contribution in [0, 0.1) is 4.84 Å². The van der Waals surface area contributed by atoms with Crippen LogP contribution in [0.4, 0.5) is 0 Å². The molecule has 2 aromatic rings. The third-order valence-electron chi connectivity index (χ3n) is 4.04. The molecule has 2 heterocycles. The number of aromatic nitrogens is 2. The van der Waals surface area contributed by atoms with E-state index in [0.717, 1.165) is 25.1 Å². The van der Waals surface area contributed by atoms with Gasteiger partial charge in [0, 0.05) is 0 Å². The summed E-state index contributed by atoms with van der Waals surface area (Å²) < 4.78 is 17.9. The van der Waals surface area contributed by atoms with Gasteiger partial charge in [-0.05, 0) is 49.3 Å². The number of rotatable bonds is 6. The molecule has 0 saturated carbocycles. The molecule has 1 fully saturated rings. The van der Waals surface area contributed by atoms with Crippen LogP contribution >= 0.6 is 12.2 Å². The van der Waals surface area contributed by atoms with Gasteiger partial charge in [0.1, 0.15) is 24.1 Å². The van der Waals surface area contributed by atoms with Crippen molar-refractivity contribution in [1.29, 1.82) is 0 Å². The van der Waals surface area contributed by atoms with Crippen LogP contribution in [-0.2, 0) is 13.3 Å². The minimum Gasteiger partial charge on any atom is -0.497 e. The summed E-state index contributed by atoms with van der Waals surface area (Å²) in [4.78, 5) is 1.58. The molecule has 2 N–H and O–H groups in total. The minimum atomic E-state index is -0.243. The second kappa shape index (κ2) is 7.78. The summed E-state index contributed by atoms with van der Waals surface area (Å²) in [5.41, 5.74) is 0. The van der Waals surface area contributed by atoms with E-state index in [0.29, 0.717) is 29.7 Å². The number of piperidine rings is 1. The highest BCUT2D eigenvalue weighted by Crippen LogP contribution is 2.18. The predicted molar refractivity (Wildman–Crippen MR) is 88.6 cm³/mol. The van der Waals surface area contributed by atoms with Gasteiger partial charge in [0.15, 0.2) is 13.3 Å². The quantitative estimate of drug-likeness (QED) is 0.749. The molecule has 1 aliphatic rings. The van der Waals surface area contributed by atoms with Crippen LogP contribution in [0.1, 0.15) is 18.7 Å². The first-order valence-corrected chi connectivity index (χ1v) is 8.40. The van der Waals surface area contributed by atoms with Gasteiger partial charge in [-0.1, -0.05) is 0 Å². The Labute approximate surface area is 145 Å². The van der Waals surface area contributed by atoms with Gasteiger partial charge < -0.3 is 23.9 Å². The molecule has 1 unspecified atom stereocenters. The van der Waals surface area contributed by atoms with Gasteiger partial charge in [0.2, 0.25) is 0 Å². The van der Waals surface area contributed by atoms with E-state index < -0.39 is 0 Å². The standard InChI is InChI=1S/C16H21N3O4S/c1-21-13-4-6-14(7-5-13)22-10-15-17-19(16(24)23-15)11-18-8-2-3-12(20)9-18/h4-7,12,20H,2-3,8-11H2,1H3/p+1/t12-/m0/s1. The van der Waals surface area contributed by atoms with Crippen LogP contribution in [-0.4, -0.2) is 41.2 Å². The Morgan fingerprint density at radius 2 is 2.12 bits per heavy atom. The maximum absolute atomic E-state index is 9.75. The van der Waals surface area contributed by atoms with E-state index in [1.807, 2.05) is 24.3 Å². The number of ether oxygens (including phenoxy) is 2. The molecule has 1 aromatic heterocycles. The Morgan fingerprint density at radius 3 is 2.83 bits per heavy atom. The Kier molecular flexibility index (Phi) is 5.49. The van der Waals surface area contributed by atoms with E-state index in [1.54, 1.807) is 11.8 Å². The molecule has 3 rings (SSSR count). The lowest BCUT2D eigenvalue weighted by molar-refractivity contribution is -0.931. The lowest BCUT2D eigenvalue weighted by Gasteiger charge is -2.26. The normalized spacial score (nSPS) is 20.8. The molecule has 1 saturated heterocycles. The predicted octanol–water partition coefficient (Wildman–Crippen LogP) is 0.790. The van der Waals surface area contributed by atoms with Crippen molar-refractivity contribution in [3.05, 3.63) is 35.0 Å². The van der Waals surface area contributed by atoms with E-state index in [9.17, 15) is 5.11 Å². The molecule has 0 spiro atoms. The Morgan fingerprint density at radius 1 is 1.38 bits per heavy atom. The number of methoxy groups -OCH3 is 1. The van der Waals surface area contributed by atoms with Crippen molar-refractivity contribution in [2.45, 2.75) is 32.2 Å². The summed E-state index contributed by atoms with van der Waals surface area (Å²) >= 11 is 5.22. The molecule has 0 amide bonds. The van der Waals surface area contributed by atoms with Crippen molar-refractivity contribution >= 4 is 12.2 Å². The van der Waals surface area contributed by atoms with E-state index in [2.05, 4.69) is 5.10 Å². The number of likely N-dealkylation sites (tertiary alicyclic amines) is 1. The highest BCUT2D eigenvalue weighted by atomic mass is 32.1. The fourth-order valence-corrected chi connectivity index (χ4v) is 3.01. The van der Waals surface area contributed by atoms with Gasteiger partial charge in [0.25, 0.3) is 10.7 Å². The fourth-order valence-electron chi connectivity index (χ4n) is 2.81. The van der Waals surface area contributed by atoms with Gasteiger partial charge in [-0.15, -0.1) is 5.10 Å². The van der Waals surface area contributed by atoms with E-state index in [1.165, 1.54) is 4.90 Å². The molecule has 0 bridgehead atoms. The first-order chi connectivity index (χ1) is 11.6. The summed E-state index contributed by atoms with van der Waals surface area (Å²) in [5.74, 6) is 1.92. The zero-order valence-electron chi connectivity index (χ0n) is 13.6. The number of quaternary nitrogens is 1. The molecule has 0 aliphatic carbocycles. The number of hydrogen-bond acceptors (Lipinski definition) is 6. The second-order valence-electron chi connectivity index (χ2n) is 5.88. The molecule has 130 valence electrons. The van der Waals surface area contributed by atoms with Gasteiger partial charge in [-0.2, -0.15) is 4.68 Å². The van der Waals surface area contributed by atoms with Crippen molar-refractivity contribution in [1.82, 2.24) is 9.78 Å². The second-order valence-corrected chi connectivity index (χ2v) is 6.23. The van der Waals surface area contributed by atoms with Crippen molar-refractivity contribution < 1.29 is 23.9 Å². The first-order valence-electron chi connectivity index (χ1n) is 7.99. The van der Waals surface area contributed by atoms with E-state index in [4.69, 9.17) is 26.1 Å². The van der Waals surface area contributed by atoms with Crippen LogP contribution in [0.3, 0.4) is 0 Å². The Hall–Kier alpha value is -1.90. The molecule has 1 aliphatic heterocycles. The van der Waals surface area contributed by atoms with E-state index >= 15 is 0 Å². The summed E-state index contributed by atoms with van der Waals surface area (Å²) in [7, 11) is 1.62. The Balaban J connectivity index is 1.58. The smallest absolute Gasteiger partial charge is 0.291 e. The summed E-state index contributed by atoms with van der Waals surface area (Å²) in [6.45, 7) is 2.53. The Bertz CT molecular complexity index is 713. The number of aliphatic hydroxyl groups is 1. The molecular formula is C16H22N3O4S+. The number of nitrogens with one attached hydrogen (secondary N) is 1. The molecule has 7 nitrogen and oxygen atoms in total. The van der Waals surface area contributed by atoms with Crippen molar-refractivity contribution in [3.8, 4) is 11.5 Å². The summed E-state index contributed by atoms with van der Waals surface area (Å²) in [5, 5.41) is 14.1. The third kappa shape index (κ3) is 4.34. The highest BCUT2D eigenvalue weighted by Gasteiger charge is 2.22. The van der Waals surface area contributed by atoms with Crippen molar-refractivity contribution in [3.63, 3.8) is 0 Å². The van der Waals surface area contributed by atoms with Crippen LogP contribution in [0.15, 0.2) is 28.7 Å². The molecule has 8 heteroatoms. The summed E-state index contributed by atoms with van der Waals surface area (Å²) in [6.07, 6.45) is 1.64. The molecule has 0 radical (unpaired) electrons. The van der Waals surface area contributed by atoms with Gasteiger partial charge in [-0.25, -0.2) is 0 Å². The maximum Gasteiger partial charge on any atom is 0.291 e. The topological polar surface area (TPSA) is 74.1 Å². The monoisotopic (exact) mass is 352 g/mol. The highest BCUT2D eigenvalue weighted by molar-refractivity contribution is 7.71. The number of hydrogen-bond donors (Lipinski definition) is 2. The fraction of sp³-hybridized carbons (Fsp3) is 0.500. The lowest BCUT2D eigenvalue weighted by Crippen LogP contribution is -3.13. The number of benzene rings is 1. The van der Waals surface area contributed by atoms with Crippen LogP contribution in [0.5, 0.6) is 11.5 Å². The zero-order chi connectivity index (χ0) is 16.9. The average Bonchev–Trinajstić information content (AvgIpc) is 2.93. The van der Waals surface area contributed by atoms with Crippen molar-refractivity contribution in [2.75, 3.05) is 20.2 Å². The lowest BCUT2D eigenvalue weighted by atomic mass is 10.1. The number of nitrogens with zero attached hydrogens (tertiary/aromatic N) is 2. The molecular weight excluding hydrogens is 330 g/mol. The zero-order valence-corrected chi connectivity index (χ0v) is 14.4. The van der Waals surface area contributed by atoms with Crippen molar-refractivity contribution in [2.24, 2.45) is 0 Å². The molecule has 24 heavy (non-hydrogen) atoms. The summed E-state index contributed by atoms with van der Waals surface area (Å²) in [6, 6.07) is 7.30. The van der Waals surface area contributed by atoms with Gasteiger partial charge >= 0.3 is 0 Å². The third-order valence-corrected chi connectivity index (χ3v) is 4.33. The first kappa shape index (κ1) is 16.9. The largest absolute Gasteiger partial charge is 0.497 e. The van der Waals surface area contributed by atoms with E-state index in [-0.39, 0.29) is 12.7 Å². The molecule has 1 aromatic carbocycles. The van der Waals surface area contributed by atoms with Gasteiger partial charge in [-0.3, -0.25) is 0 Å².